The number of rotatable bonds is 3. The van der Waals surface area contributed by atoms with E-state index in [4.69, 9.17) is 0 Å². The predicted molar refractivity (Wildman–Crippen MR) is 45.7 cm³/mol. The highest BCUT2D eigenvalue weighted by molar-refractivity contribution is 5.75. The van der Waals surface area contributed by atoms with E-state index in [0.29, 0.717) is 0 Å². The molecule has 0 aliphatic carbocycles. The molecular formula is C6H18MgN2. The Bertz CT molecular complexity index is 47.0. The Hall–Kier alpha value is 0.686. The van der Waals surface area contributed by atoms with E-state index in [-0.39, 0.29) is 23.1 Å². The maximum Gasteiger partial charge on any atom is 0.316 e. The van der Waals surface area contributed by atoms with Crippen LogP contribution in [0.5, 0.6) is 0 Å². The molecule has 0 saturated heterocycles. The minimum Gasteiger partial charge on any atom is -0.308 e. The zero-order chi connectivity index (χ0) is 6.57. The fraction of sp³-hybridized carbons (Fsp3) is 1.00. The molecule has 0 N–H and O–H groups in total. The van der Waals surface area contributed by atoms with Gasteiger partial charge in [0.2, 0.25) is 0 Å². The van der Waals surface area contributed by atoms with Crippen molar-refractivity contribution in [2.45, 2.75) is 0 Å². The van der Waals surface area contributed by atoms with Gasteiger partial charge in [-0.2, -0.15) is 0 Å². The summed E-state index contributed by atoms with van der Waals surface area (Å²) in [5.74, 6) is 0. The van der Waals surface area contributed by atoms with Crippen LogP contribution in [0.2, 0.25) is 0 Å². The maximum absolute atomic E-state index is 2.18. The van der Waals surface area contributed by atoms with Crippen LogP contribution in [0.15, 0.2) is 0 Å². The summed E-state index contributed by atoms with van der Waals surface area (Å²) in [6, 6.07) is 0. The van der Waals surface area contributed by atoms with Gasteiger partial charge < -0.3 is 9.80 Å². The average molecular weight is 143 g/mol. The molecule has 0 aromatic heterocycles. The van der Waals surface area contributed by atoms with E-state index in [1.807, 2.05) is 0 Å². The van der Waals surface area contributed by atoms with Crippen LogP contribution in [-0.4, -0.2) is 74.1 Å². The fourth-order valence-electron chi connectivity index (χ4n) is 0.400. The maximum atomic E-state index is 2.18. The standard InChI is InChI=1S/C6H16N2.Mg.2H/c1-7(2)5-6-8(3)4;;;/h5-6H2,1-4H3;;;. The van der Waals surface area contributed by atoms with Crippen LogP contribution in [0.25, 0.3) is 0 Å². The van der Waals surface area contributed by atoms with Crippen LogP contribution in [0.3, 0.4) is 0 Å². The molecule has 3 heteroatoms. The molecule has 0 rings (SSSR count). The Morgan fingerprint density at radius 1 is 0.778 bits per heavy atom. The van der Waals surface area contributed by atoms with E-state index in [9.17, 15) is 0 Å². The molecule has 0 aliphatic heterocycles. The van der Waals surface area contributed by atoms with Crippen molar-refractivity contribution in [3.63, 3.8) is 0 Å². The first-order valence-electron chi connectivity index (χ1n) is 2.92. The van der Waals surface area contributed by atoms with Crippen molar-refractivity contribution in [3.8, 4) is 0 Å². The van der Waals surface area contributed by atoms with Crippen molar-refractivity contribution in [1.29, 1.82) is 0 Å². The van der Waals surface area contributed by atoms with Crippen LogP contribution in [0, 0.1) is 0 Å². The summed E-state index contributed by atoms with van der Waals surface area (Å²) in [7, 11) is 8.35. The first-order valence-corrected chi connectivity index (χ1v) is 2.92. The normalized spacial score (nSPS) is 10.0. The Balaban J connectivity index is 0. The Morgan fingerprint density at radius 3 is 1.11 bits per heavy atom. The molecule has 0 bridgehead atoms. The number of hydrogen-bond donors (Lipinski definition) is 0. The van der Waals surface area contributed by atoms with Crippen molar-refractivity contribution in [3.05, 3.63) is 0 Å². The molecule has 2 nitrogen and oxygen atoms in total. The van der Waals surface area contributed by atoms with Crippen molar-refractivity contribution in [2.24, 2.45) is 0 Å². The number of nitrogens with zero attached hydrogens (tertiary/aromatic N) is 2. The van der Waals surface area contributed by atoms with Gasteiger partial charge >= 0.3 is 23.1 Å². The zero-order valence-electron chi connectivity index (χ0n) is 6.31. The Kier molecular flexibility index (Phi) is 9.35. The van der Waals surface area contributed by atoms with E-state index in [2.05, 4.69) is 38.0 Å². The average Bonchev–Trinajstić information content (AvgIpc) is 1.61. The Morgan fingerprint density at radius 2 is 1.00 bits per heavy atom. The number of likely N-dealkylation sites (N-methyl/N-ethyl adjacent to an activating group) is 2. The quantitative estimate of drug-likeness (QED) is 0.476. The highest BCUT2D eigenvalue weighted by Gasteiger charge is 1.89. The summed E-state index contributed by atoms with van der Waals surface area (Å²) in [5, 5.41) is 0. The molecule has 0 atom stereocenters. The molecule has 0 unspecified atom stereocenters. The lowest BCUT2D eigenvalue weighted by molar-refractivity contribution is 0.320. The van der Waals surface area contributed by atoms with Gasteiger partial charge in [-0.05, 0) is 28.2 Å². The molecule has 0 heterocycles. The summed E-state index contributed by atoms with van der Waals surface area (Å²) in [4.78, 5) is 4.36. The molecule has 9 heavy (non-hydrogen) atoms. The van der Waals surface area contributed by atoms with Crippen molar-refractivity contribution >= 4 is 23.1 Å². The van der Waals surface area contributed by atoms with Gasteiger partial charge in [0.05, 0.1) is 0 Å². The van der Waals surface area contributed by atoms with E-state index in [1.54, 1.807) is 0 Å². The topological polar surface area (TPSA) is 6.48 Å². The van der Waals surface area contributed by atoms with Crippen LogP contribution < -0.4 is 0 Å². The van der Waals surface area contributed by atoms with E-state index in [0.717, 1.165) is 13.1 Å². The molecule has 0 aromatic carbocycles. The first kappa shape index (κ1) is 12.4. The van der Waals surface area contributed by atoms with Gasteiger partial charge in [0, 0.05) is 13.1 Å². The lowest BCUT2D eigenvalue weighted by Gasteiger charge is -2.13. The minimum absolute atomic E-state index is 0. The van der Waals surface area contributed by atoms with Crippen molar-refractivity contribution in [1.82, 2.24) is 9.80 Å². The minimum atomic E-state index is 0. The highest BCUT2D eigenvalue weighted by Crippen LogP contribution is 1.76. The molecule has 0 fully saturated rings. The first-order chi connectivity index (χ1) is 3.63. The zero-order valence-corrected chi connectivity index (χ0v) is 6.31. The second kappa shape index (κ2) is 6.80. The van der Waals surface area contributed by atoms with Gasteiger partial charge in [-0.25, -0.2) is 0 Å². The molecule has 0 saturated carbocycles. The molecule has 0 spiro atoms. The van der Waals surface area contributed by atoms with Crippen LogP contribution in [0.1, 0.15) is 0 Å². The SMILES string of the molecule is CN(C)CCN(C)C.[MgH2]. The summed E-state index contributed by atoms with van der Waals surface area (Å²) in [6.45, 7) is 2.29. The Labute approximate surface area is 74.4 Å². The van der Waals surface area contributed by atoms with Crippen LogP contribution in [0.4, 0.5) is 0 Å². The molecule has 54 valence electrons. The van der Waals surface area contributed by atoms with Crippen molar-refractivity contribution < 1.29 is 0 Å². The number of hydrogen-bond acceptors (Lipinski definition) is 2. The van der Waals surface area contributed by atoms with E-state index >= 15 is 0 Å². The van der Waals surface area contributed by atoms with Gasteiger partial charge in [-0.1, -0.05) is 0 Å². The summed E-state index contributed by atoms with van der Waals surface area (Å²) < 4.78 is 0. The molecule has 0 radical (unpaired) electrons. The van der Waals surface area contributed by atoms with E-state index < -0.39 is 0 Å². The van der Waals surface area contributed by atoms with Crippen LogP contribution >= 0.6 is 0 Å². The lowest BCUT2D eigenvalue weighted by Crippen LogP contribution is -2.25. The monoisotopic (exact) mass is 142 g/mol. The largest absolute Gasteiger partial charge is 0.316 e. The second-order valence-electron chi connectivity index (χ2n) is 2.61. The van der Waals surface area contributed by atoms with Gasteiger partial charge in [0.15, 0.2) is 0 Å². The third kappa shape index (κ3) is 12.0. The van der Waals surface area contributed by atoms with E-state index in [1.165, 1.54) is 0 Å². The predicted octanol–water partition coefficient (Wildman–Crippen LogP) is -0.807. The van der Waals surface area contributed by atoms with Gasteiger partial charge in [-0.15, -0.1) is 0 Å². The molecule has 0 aliphatic rings. The van der Waals surface area contributed by atoms with Gasteiger partial charge in [0.1, 0.15) is 0 Å². The molecule has 0 aromatic rings. The van der Waals surface area contributed by atoms with Crippen molar-refractivity contribution in [2.75, 3.05) is 41.3 Å². The fourth-order valence-corrected chi connectivity index (χ4v) is 0.400. The smallest absolute Gasteiger partial charge is 0.308 e. The molecular weight excluding hydrogens is 124 g/mol. The summed E-state index contributed by atoms with van der Waals surface area (Å²) in [6.07, 6.45) is 0. The third-order valence-corrected chi connectivity index (χ3v) is 0.994. The summed E-state index contributed by atoms with van der Waals surface area (Å²) in [5.41, 5.74) is 0. The van der Waals surface area contributed by atoms with Crippen LogP contribution in [-0.2, 0) is 0 Å². The third-order valence-electron chi connectivity index (χ3n) is 0.994. The van der Waals surface area contributed by atoms with Gasteiger partial charge in [-0.3, -0.25) is 0 Å². The summed E-state index contributed by atoms with van der Waals surface area (Å²) >= 11 is 0. The van der Waals surface area contributed by atoms with Gasteiger partial charge in [0.25, 0.3) is 0 Å². The lowest BCUT2D eigenvalue weighted by atomic mass is 10.5. The molecule has 0 amide bonds. The second-order valence-corrected chi connectivity index (χ2v) is 2.61. The highest BCUT2D eigenvalue weighted by atomic mass is 24.3.